The Balaban J connectivity index is 2.39. The molecule has 1 heterocycles. The third kappa shape index (κ3) is 3.92. The van der Waals surface area contributed by atoms with E-state index in [4.69, 9.17) is 0 Å². The van der Waals surface area contributed by atoms with Gasteiger partial charge < -0.3 is 5.32 Å². The number of rotatable bonds is 3. The van der Waals surface area contributed by atoms with Crippen LogP contribution in [0.4, 0.5) is 22.0 Å². The van der Waals surface area contributed by atoms with E-state index in [0.717, 1.165) is 12.1 Å². The second kappa shape index (κ2) is 6.58. The van der Waals surface area contributed by atoms with E-state index in [-0.39, 0.29) is 10.0 Å². The van der Waals surface area contributed by atoms with Crippen LogP contribution in [0.3, 0.4) is 0 Å². The number of hydrogen-bond donors (Lipinski definition) is 1. The van der Waals surface area contributed by atoms with Gasteiger partial charge in [0.15, 0.2) is 0 Å². The summed E-state index contributed by atoms with van der Waals surface area (Å²) in [7, 11) is 0. The van der Waals surface area contributed by atoms with Crippen molar-refractivity contribution in [2.75, 3.05) is 26.2 Å². The summed E-state index contributed by atoms with van der Waals surface area (Å²) in [6, 6.07) is 1.52. The van der Waals surface area contributed by atoms with Crippen molar-refractivity contribution in [1.82, 2.24) is 10.2 Å². The summed E-state index contributed by atoms with van der Waals surface area (Å²) in [6.45, 7) is 1.83. The molecule has 0 bridgehead atoms. The molecular weight excluding hydrogens is 359 g/mol. The van der Waals surface area contributed by atoms with E-state index in [0.29, 0.717) is 26.2 Å². The summed E-state index contributed by atoms with van der Waals surface area (Å²) >= 11 is 3.09. The first kappa shape index (κ1) is 16.6. The number of hydrogen-bond acceptors (Lipinski definition) is 2. The van der Waals surface area contributed by atoms with Gasteiger partial charge in [-0.3, -0.25) is 4.90 Å². The van der Waals surface area contributed by atoms with Crippen molar-refractivity contribution in [3.63, 3.8) is 0 Å². The number of nitrogens with zero attached hydrogens (tertiary/aromatic N) is 1. The maximum Gasteiger partial charge on any atom is 0.416 e. The van der Waals surface area contributed by atoms with Gasteiger partial charge in [-0.1, -0.05) is 15.9 Å². The molecule has 21 heavy (non-hydrogen) atoms. The molecule has 2 nitrogen and oxygen atoms in total. The first-order chi connectivity index (χ1) is 9.80. The molecule has 0 unspecified atom stereocenters. The third-order valence-electron chi connectivity index (χ3n) is 3.43. The third-order valence-corrected chi connectivity index (χ3v) is 4.15. The summed E-state index contributed by atoms with van der Waals surface area (Å²) in [5.74, 6) is 0. The van der Waals surface area contributed by atoms with E-state index >= 15 is 0 Å². The van der Waals surface area contributed by atoms with Crippen molar-refractivity contribution in [2.45, 2.75) is 18.6 Å². The van der Waals surface area contributed by atoms with Crippen LogP contribution in [0.1, 0.15) is 17.2 Å². The number of nitrogens with one attached hydrogen (secondary N) is 1. The molecule has 1 fully saturated rings. The zero-order valence-corrected chi connectivity index (χ0v) is 12.5. The lowest BCUT2D eigenvalue weighted by Crippen LogP contribution is -2.47. The average molecular weight is 373 g/mol. The maximum absolute atomic E-state index is 13.4. The molecule has 8 heteroatoms. The minimum absolute atomic E-state index is 0.0262. The Morgan fingerprint density at radius 2 is 1.76 bits per heavy atom. The van der Waals surface area contributed by atoms with Crippen molar-refractivity contribution >= 4 is 15.9 Å². The molecule has 0 aliphatic carbocycles. The van der Waals surface area contributed by atoms with Gasteiger partial charge in [-0.2, -0.15) is 13.2 Å². The zero-order chi connectivity index (χ0) is 15.6. The van der Waals surface area contributed by atoms with Gasteiger partial charge in [-0.15, -0.1) is 0 Å². The van der Waals surface area contributed by atoms with Crippen LogP contribution >= 0.6 is 15.9 Å². The fourth-order valence-electron chi connectivity index (χ4n) is 2.40. The Hall–Kier alpha value is -0.730. The van der Waals surface area contributed by atoms with E-state index in [1.165, 1.54) is 11.0 Å². The van der Waals surface area contributed by atoms with Crippen molar-refractivity contribution in [3.8, 4) is 0 Å². The predicted molar refractivity (Wildman–Crippen MR) is 72.3 cm³/mol. The molecule has 1 aromatic carbocycles. The van der Waals surface area contributed by atoms with Crippen molar-refractivity contribution < 1.29 is 22.0 Å². The van der Waals surface area contributed by atoms with Crippen LogP contribution in [-0.4, -0.2) is 37.5 Å². The topological polar surface area (TPSA) is 15.3 Å². The van der Waals surface area contributed by atoms with Crippen LogP contribution < -0.4 is 5.32 Å². The summed E-state index contributed by atoms with van der Waals surface area (Å²) in [4.78, 5) is 1.52. The smallest absolute Gasteiger partial charge is 0.314 e. The second-order valence-corrected chi connectivity index (χ2v) is 5.65. The van der Waals surface area contributed by atoms with Gasteiger partial charge in [-0.05, 0) is 23.8 Å². The Kier molecular flexibility index (Phi) is 5.21. The van der Waals surface area contributed by atoms with Gasteiger partial charge in [0.1, 0.15) is 0 Å². The molecule has 1 aliphatic rings. The van der Waals surface area contributed by atoms with Gasteiger partial charge in [0.2, 0.25) is 0 Å². The Morgan fingerprint density at radius 1 is 1.14 bits per heavy atom. The van der Waals surface area contributed by atoms with Gasteiger partial charge in [-0.25, -0.2) is 8.78 Å². The predicted octanol–water partition coefficient (Wildman–Crippen LogP) is 3.68. The van der Waals surface area contributed by atoms with Crippen molar-refractivity contribution in [3.05, 3.63) is 33.8 Å². The highest BCUT2D eigenvalue weighted by atomic mass is 79.9. The van der Waals surface area contributed by atoms with Gasteiger partial charge in [0.25, 0.3) is 6.43 Å². The summed E-state index contributed by atoms with van der Waals surface area (Å²) in [5, 5.41) is 3.03. The highest BCUT2D eigenvalue weighted by Crippen LogP contribution is 2.37. The van der Waals surface area contributed by atoms with E-state index < -0.39 is 24.2 Å². The summed E-state index contributed by atoms with van der Waals surface area (Å²) in [5.41, 5.74) is -0.941. The van der Waals surface area contributed by atoms with Crippen molar-refractivity contribution in [1.29, 1.82) is 0 Å². The average Bonchev–Trinajstić information content (AvgIpc) is 2.40. The molecule has 0 radical (unpaired) electrons. The first-order valence-corrected chi connectivity index (χ1v) is 7.19. The molecule has 1 atom stereocenters. The molecule has 118 valence electrons. The van der Waals surface area contributed by atoms with Gasteiger partial charge >= 0.3 is 6.18 Å². The Labute approximate surface area is 127 Å². The normalized spacial score (nSPS) is 19.0. The van der Waals surface area contributed by atoms with Crippen LogP contribution in [0, 0.1) is 0 Å². The lowest BCUT2D eigenvalue weighted by molar-refractivity contribution is -0.137. The monoisotopic (exact) mass is 372 g/mol. The quantitative estimate of drug-likeness (QED) is 0.814. The van der Waals surface area contributed by atoms with Crippen LogP contribution in [0.25, 0.3) is 0 Å². The van der Waals surface area contributed by atoms with Gasteiger partial charge in [0, 0.05) is 30.7 Å². The largest absolute Gasteiger partial charge is 0.416 e. The fourth-order valence-corrected chi connectivity index (χ4v) is 2.88. The molecule has 1 N–H and O–H groups in total. The lowest BCUT2D eigenvalue weighted by Gasteiger charge is -2.35. The minimum Gasteiger partial charge on any atom is -0.314 e. The SMILES string of the molecule is FC(F)[C@@H](c1cc(C(F)(F)F)ccc1Br)N1CCNCC1. The van der Waals surface area contributed by atoms with E-state index in [1.54, 1.807) is 0 Å². The molecule has 0 aromatic heterocycles. The molecule has 0 spiro atoms. The standard InChI is InChI=1S/C13H14BrF5N2/c14-10-2-1-8(13(17,18)19)7-9(10)11(12(15)16)21-5-3-20-4-6-21/h1-2,7,11-12,20H,3-6H2/t11-/m1/s1. The highest BCUT2D eigenvalue weighted by molar-refractivity contribution is 9.10. The fraction of sp³-hybridized carbons (Fsp3) is 0.538. The lowest BCUT2D eigenvalue weighted by atomic mass is 10.0. The molecule has 0 saturated carbocycles. The van der Waals surface area contributed by atoms with Crippen molar-refractivity contribution in [2.24, 2.45) is 0 Å². The number of alkyl halides is 5. The van der Waals surface area contributed by atoms with Crippen LogP contribution in [0.5, 0.6) is 0 Å². The van der Waals surface area contributed by atoms with Crippen LogP contribution in [-0.2, 0) is 6.18 Å². The molecule has 0 amide bonds. The number of piperazine rings is 1. The summed E-state index contributed by atoms with van der Waals surface area (Å²) < 4.78 is 65.4. The molecule has 1 saturated heterocycles. The molecular formula is C13H14BrF5N2. The Bertz CT molecular complexity index is 486. The number of halogens is 6. The minimum atomic E-state index is -4.55. The highest BCUT2D eigenvalue weighted by Gasteiger charge is 2.35. The zero-order valence-electron chi connectivity index (χ0n) is 10.9. The van der Waals surface area contributed by atoms with E-state index in [9.17, 15) is 22.0 Å². The first-order valence-electron chi connectivity index (χ1n) is 6.40. The van der Waals surface area contributed by atoms with E-state index in [2.05, 4.69) is 21.2 Å². The Morgan fingerprint density at radius 3 is 2.29 bits per heavy atom. The van der Waals surface area contributed by atoms with Crippen LogP contribution in [0.15, 0.2) is 22.7 Å². The van der Waals surface area contributed by atoms with E-state index in [1.807, 2.05) is 0 Å². The maximum atomic E-state index is 13.4. The molecule has 1 aliphatic heterocycles. The second-order valence-electron chi connectivity index (χ2n) is 4.80. The molecule has 2 rings (SSSR count). The van der Waals surface area contributed by atoms with Crippen LogP contribution in [0.2, 0.25) is 0 Å². The number of benzene rings is 1. The molecule has 1 aromatic rings. The van der Waals surface area contributed by atoms with Gasteiger partial charge in [0.05, 0.1) is 11.6 Å². The summed E-state index contributed by atoms with van der Waals surface area (Å²) in [6.07, 6.45) is -7.31.